The zero-order valence-corrected chi connectivity index (χ0v) is 16.6. The number of carbonyl (C=O) groups excluding carboxylic acids is 3. The number of hydrogen-bond acceptors (Lipinski definition) is 3. The Balaban J connectivity index is 1.39. The van der Waals surface area contributed by atoms with Gasteiger partial charge in [-0.15, -0.1) is 0 Å². The first-order valence-electron chi connectivity index (χ1n) is 11.0. The van der Waals surface area contributed by atoms with Gasteiger partial charge in [-0.1, -0.05) is 61.7 Å². The molecule has 5 unspecified atom stereocenters. The second-order valence-electron chi connectivity index (χ2n) is 9.08. The van der Waals surface area contributed by atoms with Gasteiger partial charge in [0.05, 0.1) is 24.3 Å². The standard InChI is InChI=1S/C24H28N2O3/c27-20(25-18-9-5-2-6-10-18)14-19(15-7-3-1-4-8-15)26-23(28)21-16-11-12-17(13-16)22(21)24(26)29/h1,3-4,7-8,11-12,16-19,21-22H,2,5-6,9-10,13-14H2,(H,25,27). The van der Waals surface area contributed by atoms with Crippen LogP contribution in [0.15, 0.2) is 42.5 Å². The summed E-state index contributed by atoms with van der Waals surface area (Å²) in [5.74, 6) is -0.343. The topological polar surface area (TPSA) is 66.5 Å². The minimum absolute atomic E-state index is 0.0653. The van der Waals surface area contributed by atoms with Crippen LogP contribution >= 0.6 is 0 Å². The van der Waals surface area contributed by atoms with E-state index in [1.165, 1.54) is 11.3 Å². The molecule has 0 spiro atoms. The second-order valence-corrected chi connectivity index (χ2v) is 9.08. The number of carbonyl (C=O) groups is 3. The lowest BCUT2D eigenvalue weighted by molar-refractivity contribution is -0.144. The van der Waals surface area contributed by atoms with E-state index in [-0.39, 0.29) is 53.9 Å². The summed E-state index contributed by atoms with van der Waals surface area (Å²) < 4.78 is 0. The molecular weight excluding hydrogens is 364 g/mol. The molecule has 1 aromatic rings. The van der Waals surface area contributed by atoms with Gasteiger partial charge in [-0.2, -0.15) is 0 Å². The number of imide groups is 1. The minimum atomic E-state index is -0.523. The number of benzene rings is 1. The van der Waals surface area contributed by atoms with Crippen molar-refractivity contribution in [3.05, 3.63) is 48.0 Å². The van der Waals surface area contributed by atoms with Crippen molar-refractivity contribution < 1.29 is 14.4 Å². The monoisotopic (exact) mass is 392 g/mol. The van der Waals surface area contributed by atoms with E-state index in [4.69, 9.17) is 0 Å². The number of nitrogens with one attached hydrogen (secondary N) is 1. The van der Waals surface area contributed by atoms with Gasteiger partial charge >= 0.3 is 0 Å². The van der Waals surface area contributed by atoms with E-state index in [9.17, 15) is 14.4 Å². The molecule has 4 aliphatic rings. The molecule has 1 N–H and O–H groups in total. The van der Waals surface area contributed by atoms with E-state index in [0.29, 0.717) is 0 Å². The zero-order chi connectivity index (χ0) is 20.0. The van der Waals surface area contributed by atoms with E-state index in [2.05, 4.69) is 17.5 Å². The molecule has 3 fully saturated rings. The van der Waals surface area contributed by atoms with Gasteiger partial charge in [-0.05, 0) is 36.7 Å². The van der Waals surface area contributed by atoms with Gasteiger partial charge < -0.3 is 5.32 Å². The Kier molecular flexibility index (Phi) is 4.76. The molecule has 1 aliphatic heterocycles. The number of nitrogens with zero attached hydrogens (tertiary/aromatic N) is 1. The van der Waals surface area contributed by atoms with Gasteiger partial charge in [-0.3, -0.25) is 19.3 Å². The molecule has 1 saturated heterocycles. The Labute approximate surface area is 171 Å². The third kappa shape index (κ3) is 3.21. The highest BCUT2D eigenvalue weighted by Gasteiger charge is 2.60. The highest BCUT2D eigenvalue weighted by Crippen LogP contribution is 2.54. The zero-order valence-electron chi connectivity index (χ0n) is 16.6. The van der Waals surface area contributed by atoms with Crippen molar-refractivity contribution in [1.29, 1.82) is 0 Å². The van der Waals surface area contributed by atoms with Crippen molar-refractivity contribution in [2.24, 2.45) is 23.7 Å². The quantitative estimate of drug-likeness (QED) is 0.617. The molecule has 5 heteroatoms. The SMILES string of the molecule is O=C(CC(c1ccccc1)N1C(=O)C2C3C=CC(C3)C2C1=O)NC1CCCCC1. The Bertz CT molecular complexity index is 813. The molecule has 29 heavy (non-hydrogen) atoms. The first-order valence-corrected chi connectivity index (χ1v) is 11.0. The average molecular weight is 392 g/mol. The van der Waals surface area contributed by atoms with Crippen molar-refractivity contribution in [1.82, 2.24) is 10.2 Å². The molecule has 2 saturated carbocycles. The minimum Gasteiger partial charge on any atom is -0.353 e. The molecule has 152 valence electrons. The van der Waals surface area contributed by atoms with Crippen LogP contribution in [0.2, 0.25) is 0 Å². The molecule has 0 radical (unpaired) electrons. The molecule has 2 bridgehead atoms. The molecule has 0 aromatic heterocycles. The molecule has 3 aliphatic carbocycles. The first-order chi connectivity index (χ1) is 14.1. The van der Waals surface area contributed by atoms with Crippen LogP contribution in [-0.4, -0.2) is 28.7 Å². The summed E-state index contributed by atoms with van der Waals surface area (Å²) in [7, 11) is 0. The summed E-state index contributed by atoms with van der Waals surface area (Å²) in [5.41, 5.74) is 0.855. The molecule has 3 amide bonds. The fourth-order valence-corrected chi connectivity index (χ4v) is 5.98. The van der Waals surface area contributed by atoms with Crippen molar-refractivity contribution in [3.63, 3.8) is 0 Å². The maximum atomic E-state index is 13.3. The fourth-order valence-electron chi connectivity index (χ4n) is 5.98. The summed E-state index contributed by atoms with van der Waals surface area (Å²) in [5, 5.41) is 3.15. The first kappa shape index (κ1) is 18.6. The van der Waals surface area contributed by atoms with Gasteiger partial charge in [-0.25, -0.2) is 0 Å². The van der Waals surface area contributed by atoms with Crippen LogP contribution < -0.4 is 5.32 Å². The Hall–Kier alpha value is -2.43. The highest BCUT2D eigenvalue weighted by molar-refractivity contribution is 6.07. The van der Waals surface area contributed by atoms with Crippen molar-refractivity contribution >= 4 is 17.7 Å². The van der Waals surface area contributed by atoms with Gasteiger partial charge in [0.2, 0.25) is 17.7 Å². The van der Waals surface area contributed by atoms with Crippen LogP contribution in [0.25, 0.3) is 0 Å². The van der Waals surface area contributed by atoms with Crippen molar-refractivity contribution in [2.45, 2.75) is 57.0 Å². The average Bonchev–Trinajstić information content (AvgIpc) is 3.42. The van der Waals surface area contributed by atoms with E-state index >= 15 is 0 Å². The van der Waals surface area contributed by atoms with E-state index < -0.39 is 6.04 Å². The molecular formula is C24H28N2O3. The summed E-state index contributed by atoms with van der Waals surface area (Å²) in [6.07, 6.45) is 10.8. The lowest BCUT2D eigenvalue weighted by atomic mass is 9.85. The highest BCUT2D eigenvalue weighted by atomic mass is 16.2. The molecule has 5 rings (SSSR count). The molecule has 5 atom stereocenters. The number of likely N-dealkylation sites (tertiary alicyclic amines) is 1. The molecule has 5 nitrogen and oxygen atoms in total. The van der Waals surface area contributed by atoms with Crippen LogP contribution in [-0.2, 0) is 14.4 Å². The van der Waals surface area contributed by atoms with Gasteiger partial charge in [0.25, 0.3) is 0 Å². The van der Waals surface area contributed by atoms with Gasteiger partial charge in [0, 0.05) is 6.04 Å². The van der Waals surface area contributed by atoms with Crippen LogP contribution in [0.5, 0.6) is 0 Å². The van der Waals surface area contributed by atoms with E-state index in [1.807, 2.05) is 30.3 Å². The Morgan fingerprint density at radius 2 is 1.59 bits per heavy atom. The van der Waals surface area contributed by atoms with E-state index in [1.54, 1.807) is 0 Å². The Morgan fingerprint density at radius 1 is 0.966 bits per heavy atom. The lowest BCUT2D eigenvalue weighted by Gasteiger charge is -2.29. The number of fused-ring (bicyclic) bond motifs is 5. The smallest absolute Gasteiger partial charge is 0.234 e. The largest absolute Gasteiger partial charge is 0.353 e. The number of allylic oxidation sites excluding steroid dienone is 2. The lowest BCUT2D eigenvalue weighted by Crippen LogP contribution is -2.42. The second kappa shape index (κ2) is 7.43. The van der Waals surface area contributed by atoms with Crippen LogP contribution in [0.4, 0.5) is 0 Å². The van der Waals surface area contributed by atoms with Crippen LogP contribution in [0.1, 0.15) is 56.6 Å². The normalized spacial score (nSPS) is 31.9. The Morgan fingerprint density at radius 3 is 2.21 bits per heavy atom. The van der Waals surface area contributed by atoms with Gasteiger partial charge in [0.15, 0.2) is 0 Å². The summed E-state index contributed by atoms with van der Waals surface area (Å²) in [6.45, 7) is 0. The number of rotatable bonds is 5. The summed E-state index contributed by atoms with van der Waals surface area (Å²) in [6, 6.07) is 9.24. The molecule has 1 aromatic carbocycles. The van der Waals surface area contributed by atoms with Crippen LogP contribution in [0, 0.1) is 23.7 Å². The third-order valence-corrected chi connectivity index (χ3v) is 7.35. The van der Waals surface area contributed by atoms with Crippen molar-refractivity contribution in [2.75, 3.05) is 0 Å². The number of amides is 3. The predicted octanol–water partition coefficient (Wildman–Crippen LogP) is 3.37. The summed E-state index contributed by atoms with van der Waals surface area (Å²) >= 11 is 0. The summed E-state index contributed by atoms with van der Waals surface area (Å²) in [4.78, 5) is 40.9. The van der Waals surface area contributed by atoms with Gasteiger partial charge in [0.1, 0.15) is 0 Å². The molecule has 1 heterocycles. The fraction of sp³-hybridized carbons (Fsp3) is 0.542. The van der Waals surface area contributed by atoms with Crippen molar-refractivity contribution in [3.8, 4) is 0 Å². The van der Waals surface area contributed by atoms with Crippen LogP contribution in [0.3, 0.4) is 0 Å². The number of hydrogen-bond donors (Lipinski definition) is 1. The maximum Gasteiger partial charge on any atom is 0.234 e. The third-order valence-electron chi connectivity index (χ3n) is 7.35. The van der Waals surface area contributed by atoms with E-state index in [0.717, 1.165) is 37.7 Å². The maximum absolute atomic E-state index is 13.3. The predicted molar refractivity (Wildman–Crippen MR) is 108 cm³/mol.